The molecule has 1 N–H and O–H groups in total. The van der Waals surface area contributed by atoms with Crippen LogP contribution in [0.25, 0.3) is 0 Å². The quantitative estimate of drug-likeness (QED) is 0.915. The van der Waals surface area contributed by atoms with E-state index in [0.29, 0.717) is 6.61 Å². The van der Waals surface area contributed by atoms with E-state index in [0.717, 1.165) is 42.5 Å². The van der Waals surface area contributed by atoms with Gasteiger partial charge in [-0.25, -0.2) is 9.97 Å². The SMILES string of the molecule is CCNc1ccnc(CC[C@H]2COc3ccccc3O2)n1. The van der Waals surface area contributed by atoms with Crippen LogP contribution in [0.1, 0.15) is 19.2 Å². The van der Waals surface area contributed by atoms with Crippen molar-refractivity contribution in [1.82, 2.24) is 9.97 Å². The molecule has 0 aliphatic carbocycles. The lowest BCUT2D eigenvalue weighted by molar-refractivity contribution is 0.0847. The van der Waals surface area contributed by atoms with Gasteiger partial charge in [-0.15, -0.1) is 0 Å². The Balaban J connectivity index is 1.58. The molecule has 1 aliphatic rings. The molecule has 1 atom stereocenters. The molecule has 0 unspecified atom stereocenters. The molecule has 5 heteroatoms. The zero-order chi connectivity index (χ0) is 14.5. The molecule has 0 saturated carbocycles. The second-order valence-corrected chi connectivity index (χ2v) is 4.92. The Kier molecular flexibility index (Phi) is 4.19. The maximum Gasteiger partial charge on any atom is 0.161 e. The smallest absolute Gasteiger partial charge is 0.161 e. The molecule has 1 aliphatic heterocycles. The summed E-state index contributed by atoms with van der Waals surface area (Å²) >= 11 is 0. The Morgan fingerprint density at radius 2 is 2.10 bits per heavy atom. The highest BCUT2D eigenvalue weighted by Gasteiger charge is 2.20. The second kappa shape index (κ2) is 6.43. The summed E-state index contributed by atoms with van der Waals surface area (Å²) in [5.74, 6) is 3.33. The lowest BCUT2D eigenvalue weighted by Gasteiger charge is -2.26. The third kappa shape index (κ3) is 3.42. The van der Waals surface area contributed by atoms with Crippen molar-refractivity contribution >= 4 is 5.82 Å². The van der Waals surface area contributed by atoms with E-state index in [1.54, 1.807) is 6.20 Å². The van der Waals surface area contributed by atoms with Crippen LogP contribution < -0.4 is 14.8 Å². The van der Waals surface area contributed by atoms with E-state index >= 15 is 0 Å². The Morgan fingerprint density at radius 3 is 2.95 bits per heavy atom. The predicted molar refractivity (Wildman–Crippen MR) is 80.9 cm³/mol. The number of nitrogens with one attached hydrogen (secondary N) is 1. The number of benzene rings is 1. The van der Waals surface area contributed by atoms with Crippen molar-refractivity contribution in [1.29, 1.82) is 0 Å². The maximum atomic E-state index is 5.94. The number of aromatic nitrogens is 2. The van der Waals surface area contributed by atoms with Gasteiger partial charge in [0.1, 0.15) is 24.4 Å². The first-order valence-electron chi connectivity index (χ1n) is 7.29. The van der Waals surface area contributed by atoms with Gasteiger partial charge in [0.15, 0.2) is 11.5 Å². The number of nitrogens with zero attached hydrogens (tertiary/aromatic N) is 2. The minimum atomic E-state index is 0.0475. The Hall–Kier alpha value is -2.30. The molecule has 3 rings (SSSR count). The third-order valence-corrected chi connectivity index (χ3v) is 3.32. The van der Waals surface area contributed by atoms with Crippen molar-refractivity contribution in [3.8, 4) is 11.5 Å². The fourth-order valence-corrected chi connectivity index (χ4v) is 2.29. The molecule has 1 aromatic carbocycles. The monoisotopic (exact) mass is 285 g/mol. The van der Waals surface area contributed by atoms with E-state index in [4.69, 9.17) is 9.47 Å². The van der Waals surface area contributed by atoms with E-state index in [1.165, 1.54) is 0 Å². The molecule has 21 heavy (non-hydrogen) atoms. The van der Waals surface area contributed by atoms with Crippen LogP contribution in [0.2, 0.25) is 0 Å². The molecule has 0 bridgehead atoms. The Labute approximate surface area is 124 Å². The Morgan fingerprint density at radius 1 is 1.24 bits per heavy atom. The highest BCUT2D eigenvalue weighted by molar-refractivity contribution is 5.40. The summed E-state index contributed by atoms with van der Waals surface area (Å²) in [5, 5.41) is 3.19. The minimum Gasteiger partial charge on any atom is -0.486 e. The molecular weight excluding hydrogens is 266 g/mol. The van der Waals surface area contributed by atoms with Gasteiger partial charge in [0.05, 0.1) is 0 Å². The molecule has 0 spiro atoms. The molecule has 1 aromatic heterocycles. The largest absolute Gasteiger partial charge is 0.486 e. The minimum absolute atomic E-state index is 0.0475. The van der Waals surface area contributed by atoms with Crippen LogP contribution in [0.3, 0.4) is 0 Å². The fourth-order valence-electron chi connectivity index (χ4n) is 2.29. The van der Waals surface area contributed by atoms with E-state index < -0.39 is 0 Å². The molecular formula is C16H19N3O2. The van der Waals surface area contributed by atoms with Crippen LogP contribution in [-0.4, -0.2) is 29.2 Å². The lowest BCUT2D eigenvalue weighted by Crippen LogP contribution is -2.29. The van der Waals surface area contributed by atoms with Crippen molar-refractivity contribution < 1.29 is 9.47 Å². The number of hydrogen-bond acceptors (Lipinski definition) is 5. The fraction of sp³-hybridized carbons (Fsp3) is 0.375. The second-order valence-electron chi connectivity index (χ2n) is 4.92. The summed E-state index contributed by atoms with van der Waals surface area (Å²) in [5.41, 5.74) is 0. The van der Waals surface area contributed by atoms with Gasteiger partial charge in [0.2, 0.25) is 0 Å². The average Bonchev–Trinajstić information content (AvgIpc) is 2.53. The van der Waals surface area contributed by atoms with Crippen LogP contribution in [0.15, 0.2) is 36.5 Å². The molecule has 2 heterocycles. The zero-order valence-electron chi connectivity index (χ0n) is 12.1. The summed E-state index contributed by atoms with van der Waals surface area (Å²) in [6, 6.07) is 9.64. The Bertz CT molecular complexity index is 604. The van der Waals surface area contributed by atoms with Gasteiger partial charge in [-0.1, -0.05) is 12.1 Å². The molecule has 5 nitrogen and oxygen atoms in total. The third-order valence-electron chi connectivity index (χ3n) is 3.32. The van der Waals surface area contributed by atoms with E-state index in [9.17, 15) is 0 Å². The molecule has 2 aromatic rings. The normalized spacial score (nSPS) is 16.5. The van der Waals surface area contributed by atoms with Gasteiger partial charge >= 0.3 is 0 Å². The summed E-state index contributed by atoms with van der Waals surface area (Å²) in [4.78, 5) is 8.78. The number of fused-ring (bicyclic) bond motifs is 1. The summed E-state index contributed by atoms with van der Waals surface area (Å²) in [6.07, 6.45) is 3.44. The number of anilines is 1. The molecule has 0 amide bonds. The topological polar surface area (TPSA) is 56.3 Å². The van der Waals surface area contributed by atoms with Crippen molar-refractivity contribution in [3.05, 3.63) is 42.4 Å². The molecule has 0 radical (unpaired) electrons. The van der Waals surface area contributed by atoms with Crippen molar-refractivity contribution in [3.63, 3.8) is 0 Å². The van der Waals surface area contributed by atoms with Gasteiger partial charge in [0.25, 0.3) is 0 Å². The molecule has 110 valence electrons. The van der Waals surface area contributed by atoms with E-state index in [2.05, 4.69) is 15.3 Å². The highest BCUT2D eigenvalue weighted by Crippen LogP contribution is 2.31. The van der Waals surface area contributed by atoms with Gasteiger partial charge in [-0.3, -0.25) is 0 Å². The van der Waals surface area contributed by atoms with E-state index in [-0.39, 0.29) is 6.10 Å². The van der Waals surface area contributed by atoms with Crippen molar-refractivity contribution in [2.45, 2.75) is 25.9 Å². The summed E-state index contributed by atoms with van der Waals surface area (Å²) in [6.45, 7) is 3.48. The first-order chi connectivity index (χ1) is 10.3. The number of hydrogen-bond donors (Lipinski definition) is 1. The standard InChI is InChI=1S/C16H19N3O2/c1-2-17-16-9-10-18-15(19-16)8-7-12-11-20-13-5-3-4-6-14(13)21-12/h3-6,9-10,12H,2,7-8,11H2,1H3,(H,17,18,19)/t12-/m0/s1. The van der Waals surface area contributed by atoms with Gasteiger partial charge in [0, 0.05) is 19.2 Å². The predicted octanol–water partition coefficient (Wildman–Crippen LogP) is 2.68. The first kappa shape index (κ1) is 13.7. The van der Waals surface area contributed by atoms with Crippen LogP contribution in [-0.2, 0) is 6.42 Å². The average molecular weight is 285 g/mol. The highest BCUT2D eigenvalue weighted by atomic mass is 16.6. The van der Waals surface area contributed by atoms with E-state index in [1.807, 2.05) is 37.3 Å². The van der Waals surface area contributed by atoms with Crippen molar-refractivity contribution in [2.24, 2.45) is 0 Å². The van der Waals surface area contributed by atoms with Gasteiger partial charge in [-0.05, 0) is 31.5 Å². The van der Waals surface area contributed by atoms with Gasteiger partial charge < -0.3 is 14.8 Å². The molecule has 0 saturated heterocycles. The van der Waals surface area contributed by atoms with Crippen LogP contribution in [0.4, 0.5) is 5.82 Å². The van der Waals surface area contributed by atoms with Gasteiger partial charge in [-0.2, -0.15) is 0 Å². The van der Waals surface area contributed by atoms with Crippen molar-refractivity contribution in [2.75, 3.05) is 18.5 Å². The number of ether oxygens (including phenoxy) is 2. The number of rotatable bonds is 5. The maximum absolute atomic E-state index is 5.94. The lowest BCUT2D eigenvalue weighted by atomic mass is 10.1. The first-order valence-corrected chi connectivity index (χ1v) is 7.29. The number of aryl methyl sites for hydroxylation is 1. The zero-order valence-corrected chi connectivity index (χ0v) is 12.1. The number of para-hydroxylation sites is 2. The molecule has 0 fully saturated rings. The summed E-state index contributed by atoms with van der Waals surface area (Å²) in [7, 11) is 0. The summed E-state index contributed by atoms with van der Waals surface area (Å²) < 4.78 is 11.6. The van der Waals surface area contributed by atoms with Crippen LogP contribution >= 0.6 is 0 Å². The van der Waals surface area contributed by atoms with Crippen LogP contribution in [0.5, 0.6) is 11.5 Å². The van der Waals surface area contributed by atoms with Crippen LogP contribution in [0, 0.1) is 0 Å².